The van der Waals surface area contributed by atoms with E-state index in [1.807, 2.05) is 37.3 Å². The molecule has 8 heteroatoms. The molecule has 1 fully saturated rings. The van der Waals surface area contributed by atoms with E-state index in [2.05, 4.69) is 20.5 Å². The molecule has 1 heterocycles. The van der Waals surface area contributed by atoms with Gasteiger partial charge in [-0.15, -0.1) is 0 Å². The van der Waals surface area contributed by atoms with Crippen LogP contribution in [-0.2, 0) is 20.3 Å². The van der Waals surface area contributed by atoms with Gasteiger partial charge in [0, 0.05) is 39.3 Å². The van der Waals surface area contributed by atoms with E-state index < -0.39 is 9.84 Å². The van der Waals surface area contributed by atoms with Crippen LogP contribution in [0.15, 0.2) is 35.3 Å². The maximum atomic E-state index is 12.2. The summed E-state index contributed by atoms with van der Waals surface area (Å²) in [6, 6.07) is 9.30. The van der Waals surface area contributed by atoms with Gasteiger partial charge in [-0.2, -0.15) is 0 Å². The van der Waals surface area contributed by atoms with Crippen molar-refractivity contribution >= 4 is 15.8 Å². The molecule has 1 aromatic rings. The van der Waals surface area contributed by atoms with Crippen molar-refractivity contribution in [3.8, 4) is 0 Å². The minimum Gasteiger partial charge on any atom is -0.379 e. The zero-order chi connectivity index (χ0) is 19.4. The minimum absolute atomic E-state index is 0.0927. The Labute approximate surface area is 163 Å². The normalized spacial score (nSPS) is 16.3. The number of hydrogen-bond acceptors (Lipinski definition) is 5. The quantitative estimate of drug-likeness (QED) is 0.347. The van der Waals surface area contributed by atoms with E-state index in [-0.39, 0.29) is 11.5 Å². The number of nitrogens with one attached hydrogen (secondary N) is 2. The Bertz CT molecular complexity index is 659. The highest BCUT2D eigenvalue weighted by Gasteiger charge is 2.12. The summed E-state index contributed by atoms with van der Waals surface area (Å²) in [5, 5.41) is 6.52. The molecule has 1 aliphatic rings. The van der Waals surface area contributed by atoms with Gasteiger partial charge in [-0.05, 0) is 18.9 Å². The zero-order valence-corrected chi connectivity index (χ0v) is 17.0. The van der Waals surface area contributed by atoms with Gasteiger partial charge in [-0.25, -0.2) is 8.42 Å². The molecule has 0 bridgehead atoms. The molecule has 0 unspecified atom stereocenters. The fraction of sp³-hybridized carbons (Fsp3) is 0.632. The van der Waals surface area contributed by atoms with Crippen molar-refractivity contribution in [2.75, 3.05) is 58.2 Å². The van der Waals surface area contributed by atoms with Crippen LogP contribution in [0.5, 0.6) is 0 Å². The smallest absolute Gasteiger partial charge is 0.191 e. The van der Waals surface area contributed by atoms with Crippen LogP contribution in [0.25, 0.3) is 0 Å². The third-order valence-electron chi connectivity index (χ3n) is 4.28. The Kier molecular flexibility index (Phi) is 9.58. The molecule has 0 amide bonds. The van der Waals surface area contributed by atoms with Gasteiger partial charge in [0.15, 0.2) is 15.8 Å². The second-order valence-electron chi connectivity index (χ2n) is 6.57. The van der Waals surface area contributed by atoms with Gasteiger partial charge in [0.25, 0.3) is 0 Å². The number of morpholine rings is 1. The average Bonchev–Trinajstić information content (AvgIpc) is 2.66. The van der Waals surface area contributed by atoms with Crippen LogP contribution in [0.3, 0.4) is 0 Å². The average molecular weight is 397 g/mol. The van der Waals surface area contributed by atoms with Gasteiger partial charge in [-0.3, -0.25) is 9.89 Å². The van der Waals surface area contributed by atoms with Crippen LogP contribution in [0.2, 0.25) is 0 Å². The molecule has 2 rings (SSSR count). The van der Waals surface area contributed by atoms with Crippen molar-refractivity contribution < 1.29 is 13.2 Å². The zero-order valence-electron chi connectivity index (χ0n) is 16.2. The molecule has 0 aliphatic carbocycles. The highest BCUT2D eigenvalue weighted by Crippen LogP contribution is 2.07. The number of hydrogen-bond donors (Lipinski definition) is 2. The van der Waals surface area contributed by atoms with Crippen molar-refractivity contribution in [2.45, 2.75) is 19.1 Å². The Balaban J connectivity index is 1.70. The summed E-state index contributed by atoms with van der Waals surface area (Å²) in [7, 11) is -3.10. The molecule has 152 valence electrons. The van der Waals surface area contributed by atoms with E-state index >= 15 is 0 Å². The number of guanidine groups is 1. The second kappa shape index (κ2) is 11.9. The molecule has 27 heavy (non-hydrogen) atoms. The number of aliphatic imine (C=N–C) groups is 1. The predicted octanol–water partition coefficient (Wildman–Crippen LogP) is 0.879. The summed E-state index contributed by atoms with van der Waals surface area (Å²) in [6.45, 7) is 8.55. The van der Waals surface area contributed by atoms with Gasteiger partial charge in [0.2, 0.25) is 0 Å². The Morgan fingerprint density at radius 2 is 1.93 bits per heavy atom. The largest absolute Gasteiger partial charge is 0.379 e. The van der Waals surface area contributed by atoms with Crippen LogP contribution in [0, 0.1) is 0 Å². The van der Waals surface area contributed by atoms with Crippen molar-refractivity contribution in [1.29, 1.82) is 0 Å². The fourth-order valence-corrected chi connectivity index (χ4v) is 4.29. The fourth-order valence-electron chi connectivity index (χ4n) is 2.87. The Hall–Kier alpha value is -1.64. The third-order valence-corrected chi connectivity index (χ3v) is 5.97. The first-order chi connectivity index (χ1) is 13.1. The number of benzene rings is 1. The predicted molar refractivity (Wildman–Crippen MR) is 110 cm³/mol. The third kappa shape index (κ3) is 9.21. The van der Waals surface area contributed by atoms with E-state index in [1.165, 1.54) is 0 Å². The molecule has 0 saturated carbocycles. The molecule has 0 aromatic heterocycles. The lowest BCUT2D eigenvalue weighted by Crippen LogP contribution is -2.44. The molecule has 2 N–H and O–H groups in total. The van der Waals surface area contributed by atoms with Crippen LogP contribution in [0.4, 0.5) is 0 Å². The molecule has 0 radical (unpaired) electrons. The second-order valence-corrected chi connectivity index (χ2v) is 8.76. The SMILES string of the molecule is CCNC(=NCCCS(=O)(=O)Cc1ccccc1)NCCN1CCOCC1. The lowest BCUT2D eigenvalue weighted by atomic mass is 10.2. The van der Waals surface area contributed by atoms with E-state index in [4.69, 9.17) is 4.74 Å². The summed E-state index contributed by atoms with van der Waals surface area (Å²) < 4.78 is 29.8. The van der Waals surface area contributed by atoms with E-state index in [1.54, 1.807) is 0 Å². The Morgan fingerprint density at radius 3 is 2.63 bits per heavy atom. The molecular weight excluding hydrogens is 364 g/mol. The monoisotopic (exact) mass is 396 g/mol. The summed E-state index contributed by atoms with van der Waals surface area (Å²) >= 11 is 0. The highest BCUT2D eigenvalue weighted by atomic mass is 32.2. The summed E-state index contributed by atoms with van der Waals surface area (Å²) in [4.78, 5) is 6.85. The topological polar surface area (TPSA) is 83.0 Å². The maximum Gasteiger partial charge on any atom is 0.191 e. The van der Waals surface area contributed by atoms with Gasteiger partial charge >= 0.3 is 0 Å². The van der Waals surface area contributed by atoms with Crippen LogP contribution in [-0.4, -0.2) is 77.5 Å². The lowest BCUT2D eigenvalue weighted by molar-refractivity contribution is 0.0389. The number of nitrogens with zero attached hydrogens (tertiary/aromatic N) is 2. The van der Waals surface area contributed by atoms with Gasteiger partial charge in [0.1, 0.15) is 0 Å². The first-order valence-electron chi connectivity index (χ1n) is 9.66. The van der Waals surface area contributed by atoms with Gasteiger partial charge in [-0.1, -0.05) is 30.3 Å². The standard InChI is InChI=1S/C19H32N4O3S/c1-2-20-19(22-10-11-23-12-14-26-15-13-23)21-9-6-16-27(24,25)17-18-7-4-3-5-8-18/h3-5,7-8H,2,6,9-17H2,1H3,(H2,20,21,22). The van der Waals surface area contributed by atoms with Crippen molar-refractivity contribution in [2.24, 2.45) is 4.99 Å². The number of ether oxygens (including phenoxy) is 1. The van der Waals surface area contributed by atoms with Crippen molar-refractivity contribution in [3.05, 3.63) is 35.9 Å². The van der Waals surface area contributed by atoms with Crippen molar-refractivity contribution in [1.82, 2.24) is 15.5 Å². The number of sulfone groups is 1. The molecule has 1 aromatic carbocycles. The van der Waals surface area contributed by atoms with E-state index in [9.17, 15) is 8.42 Å². The molecule has 0 spiro atoms. The van der Waals surface area contributed by atoms with Gasteiger partial charge in [0.05, 0.1) is 24.7 Å². The Morgan fingerprint density at radius 1 is 1.19 bits per heavy atom. The van der Waals surface area contributed by atoms with Crippen molar-refractivity contribution in [3.63, 3.8) is 0 Å². The molecule has 1 aliphatic heterocycles. The first-order valence-corrected chi connectivity index (χ1v) is 11.5. The molecule has 7 nitrogen and oxygen atoms in total. The molecule has 1 saturated heterocycles. The van der Waals surface area contributed by atoms with E-state index in [0.717, 1.165) is 57.5 Å². The highest BCUT2D eigenvalue weighted by molar-refractivity contribution is 7.90. The molecule has 0 atom stereocenters. The van der Waals surface area contributed by atoms with Crippen LogP contribution >= 0.6 is 0 Å². The maximum absolute atomic E-state index is 12.2. The van der Waals surface area contributed by atoms with Gasteiger partial charge < -0.3 is 15.4 Å². The first kappa shape index (κ1) is 21.7. The van der Waals surface area contributed by atoms with E-state index in [0.29, 0.717) is 13.0 Å². The summed E-state index contributed by atoms with van der Waals surface area (Å²) in [5.74, 6) is 0.986. The molecular formula is C19H32N4O3S. The van der Waals surface area contributed by atoms with Crippen LogP contribution < -0.4 is 10.6 Å². The number of rotatable bonds is 10. The minimum atomic E-state index is -3.10. The lowest BCUT2D eigenvalue weighted by Gasteiger charge is -2.26. The summed E-state index contributed by atoms with van der Waals surface area (Å²) in [5.41, 5.74) is 0.833. The summed E-state index contributed by atoms with van der Waals surface area (Å²) in [6.07, 6.45) is 0.523. The van der Waals surface area contributed by atoms with Crippen LogP contribution in [0.1, 0.15) is 18.9 Å².